The lowest BCUT2D eigenvalue weighted by Gasteiger charge is -2.20. The summed E-state index contributed by atoms with van der Waals surface area (Å²) in [4.78, 5) is 14.5. The molecule has 0 spiro atoms. The minimum atomic E-state index is -0.355. The van der Waals surface area contributed by atoms with Crippen LogP contribution in [0.15, 0.2) is 72.8 Å². The molecule has 3 aromatic rings. The van der Waals surface area contributed by atoms with Crippen LogP contribution in [-0.2, 0) is 6.42 Å². The molecular formula is C21H17FN2O. The van der Waals surface area contributed by atoms with E-state index in [4.69, 9.17) is 0 Å². The maximum absolute atomic E-state index is 12.9. The molecule has 4 heteroatoms. The highest BCUT2D eigenvalue weighted by molar-refractivity contribution is 6.04. The van der Waals surface area contributed by atoms with Gasteiger partial charge in [-0.1, -0.05) is 18.2 Å². The Hall–Kier alpha value is -3.14. The van der Waals surface area contributed by atoms with Crippen molar-refractivity contribution in [3.8, 4) is 0 Å². The highest BCUT2D eigenvalue weighted by atomic mass is 19.1. The van der Waals surface area contributed by atoms with E-state index in [0.29, 0.717) is 11.3 Å². The average Bonchev–Trinajstić information content (AvgIpc) is 3.07. The number of amides is 1. The Morgan fingerprint density at radius 2 is 1.64 bits per heavy atom. The molecule has 1 aliphatic rings. The van der Waals surface area contributed by atoms with Gasteiger partial charge in [0.1, 0.15) is 5.82 Å². The molecule has 0 saturated carbocycles. The molecule has 0 aromatic heterocycles. The Bertz CT molecular complexity index is 904. The molecule has 124 valence electrons. The molecule has 1 aliphatic heterocycles. The van der Waals surface area contributed by atoms with Gasteiger partial charge in [-0.25, -0.2) is 4.39 Å². The van der Waals surface area contributed by atoms with Crippen molar-refractivity contribution in [1.82, 2.24) is 0 Å². The Kier molecular flexibility index (Phi) is 3.94. The average molecular weight is 332 g/mol. The number of nitrogens with one attached hydrogen (secondary N) is 1. The monoisotopic (exact) mass is 332 g/mol. The van der Waals surface area contributed by atoms with Gasteiger partial charge in [-0.2, -0.15) is 0 Å². The Morgan fingerprint density at radius 1 is 0.920 bits per heavy atom. The summed E-state index contributed by atoms with van der Waals surface area (Å²) in [5.41, 5.74) is 4.84. The standard InChI is InChI=1S/C21H17FN2O/c22-17-7-5-16(6-8-17)21(25)23-18-9-11-19(12-10-18)24-14-13-15-3-1-2-4-20(15)24/h1-12H,13-14H2,(H,23,25). The summed E-state index contributed by atoms with van der Waals surface area (Å²) in [5, 5.41) is 2.83. The molecule has 0 unspecified atom stereocenters. The van der Waals surface area contributed by atoms with E-state index in [0.717, 1.165) is 18.7 Å². The van der Waals surface area contributed by atoms with Crippen LogP contribution in [-0.4, -0.2) is 12.5 Å². The molecule has 0 fully saturated rings. The van der Waals surface area contributed by atoms with Crippen LogP contribution in [0.2, 0.25) is 0 Å². The number of hydrogen-bond acceptors (Lipinski definition) is 2. The number of anilines is 3. The van der Waals surface area contributed by atoms with Gasteiger partial charge in [0.15, 0.2) is 0 Å². The third kappa shape index (κ3) is 3.11. The zero-order valence-electron chi connectivity index (χ0n) is 13.6. The maximum atomic E-state index is 12.9. The molecule has 0 atom stereocenters. The number of hydrogen-bond donors (Lipinski definition) is 1. The molecule has 0 saturated heterocycles. The minimum Gasteiger partial charge on any atom is -0.341 e. The molecule has 4 rings (SSSR count). The normalized spacial score (nSPS) is 12.8. The van der Waals surface area contributed by atoms with Crippen LogP contribution >= 0.6 is 0 Å². The molecule has 0 radical (unpaired) electrons. The van der Waals surface area contributed by atoms with E-state index in [-0.39, 0.29) is 11.7 Å². The molecule has 1 amide bonds. The molecule has 0 bridgehead atoms. The fourth-order valence-electron chi connectivity index (χ4n) is 3.14. The van der Waals surface area contributed by atoms with Gasteiger partial charge < -0.3 is 10.2 Å². The second kappa shape index (κ2) is 6.40. The van der Waals surface area contributed by atoms with Crippen LogP contribution in [0.1, 0.15) is 15.9 Å². The Morgan fingerprint density at radius 3 is 2.40 bits per heavy atom. The first kappa shape index (κ1) is 15.4. The summed E-state index contributed by atoms with van der Waals surface area (Å²) in [6, 6.07) is 21.7. The van der Waals surface area contributed by atoms with Crippen LogP contribution in [0.3, 0.4) is 0 Å². The fraction of sp³-hybridized carbons (Fsp3) is 0.0952. The van der Waals surface area contributed by atoms with Crippen molar-refractivity contribution in [3.63, 3.8) is 0 Å². The number of carbonyl (C=O) groups excluding carboxylic acids is 1. The highest BCUT2D eigenvalue weighted by Crippen LogP contribution is 2.34. The van der Waals surface area contributed by atoms with Crippen LogP contribution < -0.4 is 10.2 Å². The number of para-hydroxylation sites is 1. The van der Waals surface area contributed by atoms with Crippen LogP contribution in [0, 0.1) is 5.82 Å². The van der Waals surface area contributed by atoms with Crippen molar-refractivity contribution in [2.75, 3.05) is 16.8 Å². The smallest absolute Gasteiger partial charge is 0.255 e. The summed E-state index contributed by atoms with van der Waals surface area (Å²) in [6.45, 7) is 0.959. The van der Waals surface area contributed by atoms with Crippen molar-refractivity contribution in [2.24, 2.45) is 0 Å². The van der Waals surface area contributed by atoms with Gasteiger partial charge in [0.2, 0.25) is 0 Å². The van der Waals surface area contributed by atoms with Gasteiger partial charge in [-0.05, 0) is 66.6 Å². The number of rotatable bonds is 3. The van der Waals surface area contributed by atoms with Gasteiger partial charge in [-0.3, -0.25) is 4.79 Å². The molecule has 3 aromatic carbocycles. The molecule has 1 heterocycles. The number of nitrogens with zero attached hydrogens (tertiary/aromatic N) is 1. The zero-order valence-corrected chi connectivity index (χ0v) is 13.6. The second-order valence-corrected chi connectivity index (χ2v) is 6.04. The fourth-order valence-corrected chi connectivity index (χ4v) is 3.14. The van der Waals surface area contributed by atoms with Crippen LogP contribution in [0.4, 0.5) is 21.5 Å². The zero-order chi connectivity index (χ0) is 17.2. The van der Waals surface area contributed by atoms with E-state index in [2.05, 4.69) is 34.5 Å². The third-order valence-corrected chi connectivity index (χ3v) is 4.43. The molecule has 3 nitrogen and oxygen atoms in total. The van der Waals surface area contributed by atoms with Crippen molar-refractivity contribution in [3.05, 3.63) is 89.7 Å². The van der Waals surface area contributed by atoms with Crippen molar-refractivity contribution in [2.45, 2.75) is 6.42 Å². The first-order chi connectivity index (χ1) is 12.2. The predicted octanol–water partition coefficient (Wildman–Crippen LogP) is 4.77. The summed E-state index contributed by atoms with van der Waals surface area (Å²) in [7, 11) is 0. The van der Waals surface area contributed by atoms with Gasteiger partial charge in [0.05, 0.1) is 0 Å². The quantitative estimate of drug-likeness (QED) is 0.749. The van der Waals surface area contributed by atoms with E-state index >= 15 is 0 Å². The summed E-state index contributed by atoms with van der Waals surface area (Å²) >= 11 is 0. The van der Waals surface area contributed by atoms with Crippen molar-refractivity contribution >= 4 is 23.0 Å². The first-order valence-corrected chi connectivity index (χ1v) is 8.23. The third-order valence-electron chi connectivity index (χ3n) is 4.43. The highest BCUT2D eigenvalue weighted by Gasteiger charge is 2.19. The van der Waals surface area contributed by atoms with Gasteiger partial charge in [0, 0.05) is 29.2 Å². The number of halogens is 1. The minimum absolute atomic E-state index is 0.251. The summed E-state index contributed by atoms with van der Waals surface area (Å²) in [6.07, 6.45) is 1.04. The van der Waals surface area contributed by atoms with E-state index in [1.807, 2.05) is 24.3 Å². The van der Waals surface area contributed by atoms with E-state index in [9.17, 15) is 9.18 Å². The van der Waals surface area contributed by atoms with Gasteiger partial charge in [0.25, 0.3) is 5.91 Å². The molecule has 0 aliphatic carbocycles. The number of benzene rings is 3. The van der Waals surface area contributed by atoms with Crippen molar-refractivity contribution < 1.29 is 9.18 Å². The summed E-state index contributed by atoms with van der Waals surface area (Å²) < 4.78 is 12.9. The predicted molar refractivity (Wildman–Crippen MR) is 97.9 cm³/mol. The van der Waals surface area contributed by atoms with E-state index < -0.39 is 0 Å². The molecular weight excluding hydrogens is 315 g/mol. The SMILES string of the molecule is O=C(Nc1ccc(N2CCc3ccccc32)cc1)c1ccc(F)cc1. The first-order valence-electron chi connectivity index (χ1n) is 8.23. The van der Waals surface area contributed by atoms with Gasteiger partial charge in [-0.15, -0.1) is 0 Å². The second-order valence-electron chi connectivity index (χ2n) is 6.04. The molecule has 25 heavy (non-hydrogen) atoms. The Labute approximate surface area is 145 Å². The van der Waals surface area contributed by atoms with Crippen LogP contribution in [0.25, 0.3) is 0 Å². The molecule has 1 N–H and O–H groups in total. The van der Waals surface area contributed by atoms with E-state index in [1.165, 1.54) is 35.5 Å². The lowest BCUT2D eigenvalue weighted by molar-refractivity contribution is 0.102. The summed E-state index contributed by atoms with van der Waals surface area (Å²) in [5.74, 6) is -0.605. The number of fused-ring (bicyclic) bond motifs is 1. The van der Waals surface area contributed by atoms with Crippen molar-refractivity contribution in [1.29, 1.82) is 0 Å². The largest absolute Gasteiger partial charge is 0.341 e. The topological polar surface area (TPSA) is 32.3 Å². The van der Waals surface area contributed by atoms with Gasteiger partial charge >= 0.3 is 0 Å². The van der Waals surface area contributed by atoms with Crippen LogP contribution in [0.5, 0.6) is 0 Å². The maximum Gasteiger partial charge on any atom is 0.255 e. The number of carbonyl (C=O) groups is 1. The Balaban J connectivity index is 1.49. The van der Waals surface area contributed by atoms with E-state index in [1.54, 1.807) is 0 Å². The lowest BCUT2D eigenvalue weighted by atomic mass is 10.2. The lowest BCUT2D eigenvalue weighted by Crippen LogP contribution is -2.14.